The molecule has 36 heavy (non-hydrogen) atoms. The number of nitrogens with zero attached hydrogens (tertiary/aromatic N) is 1. The molecule has 1 aliphatic heterocycles. The zero-order chi connectivity index (χ0) is 26.1. The van der Waals surface area contributed by atoms with Crippen LogP contribution in [0.1, 0.15) is 37.0 Å². The van der Waals surface area contributed by atoms with Gasteiger partial charge in [0.1, 0.15) is 17.3 Å². The van der Waals surface area contributed by atoms with Gasteiger partial charge in [-0.05, 0) is 57.0 Å². The van der Waals surface area contributed by atoms with Crippen LogP contribution in [0.25, 0.3) is 0 Å². The van der Waals surface area contributed by atoms with Crippen LogP contribution in [-0.2, 0) is 4.74 Å². The summed E-state index contributed by atoms with van der Waals surface area (Å²) in [5, 5.41) is 3.36. The van der Waals surface area contributed by atoms with Crippen LogP contribution in [0.15, 0.2) is 36.4 Å². The molecule has 0 aromatic heterocycles. The van der Waals surface area contributed by atoms with E-state index in [0.717, 1.165) is 25.9 Å². The maximum atomic E-state index is 13.2. The Bertz CT molecular complexity index is 1090. The zero-order valence-electron chi connectivity index (χ0n) is 20.9. The third-order valence-electron chi connectivity index (χ3n) is 5.96. The van der Waals surface area contributed by atoms with Gasteiger partial charge in [0.2, 0.25) is 0 Å². The fraction of sp³-hybridized carbons (Fsp3) is 0.444. The second-order valence-corrected chi connectivity index (χ2v) is 9.03. The van der Waals surface area contributed by atoms with E-state index in [9.17, 15) is 9.18 Å². The maximum Gasteiger partial charge on any atom is 0.255 e. The Balaban J connectivity index is 1.55. The summed E-state index contributed by atoms with van der Waals surface area (Å²) in [5.74, 6) is 6.08. The lowest BCUT2D eigenvalue weighted by molar-refractivity contribution is 0.00526. The summed E-state index contributed by atoms with van der Waals surface area (Å²) in [4.78, 5) is 15.5. The zero-order valence-corrected chi connectivity index (χ0v) is 21.6. The number of nitrogen functional groups attached to an aromatic ring is 1. The van der Waals surface area contributed by atoms with E-state index >= 15 is 0 Å². The van der Waals surface area contributed by atoms with Gasteiger partial charge >= 0.3 is 0 Å². The number of halogens is 2. The molecule has 194 valence electrons. The van der Waals surface area contributed by atoms with Crippen molar-refractivity contribution < 1.29 is 23.4 Å². The number of rotatable bonds is 10. The van der Waals surface area contributed by atoms with Gasteiger partial charge in [0.15, 0.2) is 6.10 Å². The SMILES string of the molecule is CC#CC(C)Oc1cc(N)c(Cl)cc1C(=O)NC1CCN(CCCOc2ccc(F)cc2)CC1OC. The molecule has 7 nitrogen and oxygen atoms in total. The molecule has 0 spiro atoms. The number of methoxy groups -OCH3 is 1. The number of carbonyl (C=O) groups excluding carboxylic acids is 1. The predicted octanol–water partition coefficient (Wildman–Crippen LogP) is 4.14. The first kappa shape index (κ1) is 27.6. The highest BCUT2D eigenvalue weighted by Gasteiger charge is 2.31. The molecular formula is C27H33ClFN3O4. The van der Waals surface area contributed by atoms with Crippen molar-refractivity contribution in [2.24, 2.45) is 0 Å². The van der Waals surface area contributed by atoms with Crippen molar-refractivity contribution in [1.82, 2.24) is 10.2 Å². The Morgan fingerprint density at radius 3 is 2.78 bits per heavy atom. The number of ether oxygens (including phenoxy) is 3. The number of amides is 1. The Hall–Kier alpha value is -2.99. The molecule has 2 aromatic rings. The number of nitrogens with two attached hydrogens (primary N) is 1. The summed E-state index contributed by atoms with van der Waals surface area (Å²) < 4.78 is 30.2. The second-order valence-electron chi connectivity index (χ2n) is 8.62. The molecule has 0 saturated carbocycles. The van der Waals surface area contributed by atoms with E-state index in [1.165, 1.54) is 18.2 Å². The van der Waals surface area contributed by atoms with Crippen molar-refractivity contribution in [2.45, 2.75) is 44.9 Å². The van der Waals surface area contributed by atoms with Crippen molar-refractivity contribution in [3.8, 4) is 23.3 Å². The van der Waals surface area contributed by atoms with Crippen molar-refractivity contribution in [3.05, 3.63) is 52.8 Å². The number of hydrogen-bond donors (Lipinski definition) is 2. The smallest absolute Gasteiger partial charge is 0.255 e. The van der Waals surface area contributed by atoms with Gasteiger partial charge in [-0.25, -0.2) is 4.39 Å². The summed E-state index contributed by atoms with van der Waals surface area (Å²) in [7, 11) is 1.64. The molecule has 9 heteroatoms. The fourth-order valence-electron chi connectivity index (χ4n) is 4.11. The van der Waals surface area contributed by atoms with Gasteiger partial charge < -0.3 is 30.2 Å². The lowest BCUT2D eigenvalue weighted by Gasteiger charge is -2.38. The van der Waals surface area contributed by atoms with E-state index in [4.69, 9.17) is 31.5 Å². The molecular weight excluding hydrogens is 485 g/mol. The van der Waals surface area contributed by atoms with Crippen molar-refractivity contribution >= 4 is 23.2 Å². The summed E-state index contributed by atoms with van der Waals surface area (Å²) in [6.07, 6.45) is 0.942. The van der Waals surface area contributed by atoms with Gasteiger partial charge in [-0.1, -0.05) is 17.5 Å². The normalized spacial score (nSPS) is 18.6. The van der Waals surface area contributed by atoms with Gasteiger partial charge in [-0.3, -0.25) is 4.79 Å². The molecule has 0 radical (unpaired) electrons. The van der Waals surface area contributed by atoms with Gasteiger partial charge in [-0.15, -0.1) is 5.92 Å². The highest BCUT2D eigenvalue weighted by molar-refractivity contribution is 6.33. The molecule has 0 bridgehead atoms. The van der Waals surface area contributed by atoms with Gasteiger partial charge in [0.25, 0.3) is 5.91 Å². The maximum absolute atomic E-state index is 13.2. The second kappa shape index (κ2) is 13.4. The third kappa shape index (κ3) is 7.76. The number of anilines is 1. The largest absolute Gasteiger partial charge is 0.494 e. The highest BCUT2D eigenvalue weighted by Crippen LogP contribution is 2.30. The quantitative estimate of drug-likeness (QED) is 0.280. The van der Waals surface area contributed by atoms with Gasteiger partial charge in [0, 0.05) is 32.8 Å². The molecule has 1 saturated heterocycles. The molecule has 2 aromatic carbocycles. The molecule has 0 aliphatic carbocycles. The number of carbonyl (C=O) groups is 1. The predicted molar refractivity (Wildman–Crippen MR) is 139 cm³/mol. The van der Waals surface area contributed by atoms with Crippen molar-refractivity contribution in [3.63, 3.8) is 0 Å². The van der Waals surface area contributed by atoms with E-state index in [1.807, 2.05) is 0 Å². The third-order valence-corrected chi connectivity index (χ3v) is 6.29. The van der Waals surface area contributed by atoms with Crippen LogP contribution in [0.2, 0.25) is 5.02 Å². The molecule has 3 unspecified atom stereocenters. The minimum absolute atomic E-state index is 0.175. The standard InChI is InChI=1S/C27H33ClFN3O4/c1-4-6-18(2)36-25-16-23(30)22(28)15-21(25)27(33)31-24-11-13-32(17-26(24)34-3)12-5-14-35-20-9-7-19(29)8-10-20/h7-10,15-16,18,24,26H,5,11-14,17,30H2,1-3H3,(H,31,33). The average Bonchev–Trinajstić information content (AvgIpc) is 2.85. The Morgan fingerprint density at radius 1 is 1.33 bits per heavy atom. The van der Waals surface area contributed by atoms with Crippen LogP contribution in [0, 0.1) is 17.7 Å². The molecule has 1 fully saturated rings. The van der Waals surface area contributed by atoms with Crippen molar-refractivity contribution in [2.75, 3.05) is 39.1 Å². The van der Waals surface area contributed by atoms with Gasteiger partial charge in [-0.2, -0.15) is 0 Å². The lowest BCUT2D eigenvalue weighted by atomic mass is 10.0. The van der Waals surface area contributed by atoms with Crippen LogP contribution in [-0.4, -0.2) is 62.4 Å². The van der Waals surface area contributed by atoms with Crippen LogP contribution in [0.3, 0.4) is 0 Å². The van der Waals surface area contributed by atoms with E-state index in [0.29, 0.717) is 35.9 Å². The van der Waals surface area contributed by atoms with E-state index in [-0.39, 0.29) is 28.9 Å². The fourth-order valence-corrected chi connectivity index (χ4v) is 4.27. The highest BCUT2D eigenvalue weighted by atomic mass is 35.5. The Morgan fingerprint density at radius 2 is 2.08 bits per heavy atom. The van der Waals surface area contributed by atoms with Gasteiger partial charge in [0.05, 0.1) is 35.0 Å². The molecule has 3 rings (SSSR count). The van der Waals surface area contributed by atoms with Crippen LogP contribution < -0.4 is 20.5 Å². The minimum atomic E-state index is -0.413. The first-order chi connectivity index (χ1) is 17.3. The van der Waals surface area contributed by atoms with Crippen LogP contribution in [0.5, 0.6) is 11.5 Å². The van der Waals surface area contributed by atoms with Crippen molar-refractivity contribution in [1.29, 1.82) is 0 Å². The molecule has 3 atom stereocenters. The minimum Gasteiger partial charge on any atom is -0.494 e. The van der Waals surface area contributed by atoms with E-state index in [2.05, 4.69) is 22.1 Å². The Kier molecular flexibility index (Phi) is 10.2. The lowest BCUT2D eigenvalue weighted by Crippen LogP contribution is -2.55. The number of nitrogens with one attached hydrogen (secondary N) is 1. The van der Waals surface area contributed by atoms with Crippen LogP contribution in [0.4, 0.5) is 10.1 Å². The molecule has 3 N–H and O–H groups in total. The number of benzene rings is 2. The summed E-state index contributed by atoms with van der Waals surface area (Å²) >= 11 is 6.21. The molecule has 1 heterocycles. The van der Waals surface area contributed by atoms with Crippen LogP contribution >= 0.6 is 11.6 Å². The molecule has 1 aliphatic rings. The average molecular weight is 518 g/mol. The first-order valence-corrected chi connectivity index (χ1v) is 12.3. The number of hydrogen-bond acceptors (Lipinski definition) is 6. The van der Waals surface area contributed by atoms with E-state index in [1.54, 1.807) is 39.2 Å². The summed E-state index contributed by atoms with van der Waals surface area (Å²) in [5.41, 5.74) is 6.57. The molecule has 1 amide bonds. The summed E-state index contributed by atoms with van der Waals surface area (Å²) in [6, 6.07) is 8.89. The first-order valence-electron chi connectivity index (χ1n) is 11.9. The Labute approximate surface area is 217 Å². The topological polar surface area (TPSA) is 86.0 Å². The van der Waals surface area contributed by atoms with E-state index < -0.39 is 6.10 Å². The summed E-state index contributed by atoms with van der Waals surface area (Å²) in [6.45, 7) is 6.35. The number of piperidine rings is 1. The number of likely N-dealkylation sites (tertiary alicyclic amines) is 1. The monoisotopic (exact) mass is 517 g/mol.